The van der Waals surface area contributed by atoms with Crippen LogP contribution >= 0.6 is 0 Å². The maximum Gasteiger partial charge on any atom is 0.119 e. The highest BCUT2D eigenvalue weighted by molar-refractivity contribution is 4.97. The lowest BCUT2D eigenvalue weighted by Gasteiger charge is -2.48. The quantitative estimate of drug-likeness (QED) is 0.737. The molecule has 0 aromatic carbocycles. The SMILES string of the molecule is CC1(C)CCC2(CC1)NC(C1CC1)CCO2. The van der Waals surface area contributed by atoms with Crippen molar-refractivity contribution in [1.29, 1.82) is 0 Å². The molecule has 2 aliphatic carbocycles. The van der Waals surface area contributed by atoms with Gasteiger partial charge in [-0.25, -0.2) is 0 Å². The molecule has 2 saturated carbocycles. The summed E-state index contributed by atoms with van der Waals surface area (Å²) in [7, 11) is 0. The highest BCUT2D eigenvalue weighted by Crippen LogP contribution is 2.44. The van der Waals surface area contributed by atoms with Crippen LogP contribution in [-0.4, -0.2) is 18.4 Å². The fourth-order valence-corrected chi connectivity index (χ4v) is 3.30. The second-order valence-corrected chi connectivity index (χ2v) is 6.88. The van der Waals surface area contributed by atoms with E-state index in [4.69, 9.17) is 4.74 Å². The van der Waals surface area contributed by atoms with Crippen molar-refractivity contribution in [3.8, 4) is 0 Å². The van der Waals surface area contributed by atoms with E-state index in [0.717, 1.165) is 18.6 Å². The first-order chi connectivity index (χ1) is 7.59. The molecule has 0 amide bonds. The summed E-state index contributed by atoms with van der Waals surface area (Å²) in [5.74, 6) is 0.968. The van der Waals surface area contributed by atoms with E-state index in [9.17, 15) is 0 Å². The van der Waals surface area contributed by atoms with Gasteiger partial charge in [-0.1, -0.05) is 13.8 Å². The van der Waals surface area contributed by atoms with Crippen molar-refractivity contribution in [3.05, 3.63) is 0 Å². The summed E-state index contributed by atoms with van der Waals surface area (Å²) in [5, 5.41) is 3.85. The van der Waals surface area contributed by atoms with Gasteiger partial charge in [-0.15, -0.1) is 0 Å². The van der Waals surface area contributed by atoms with E-state index in [1.54, 1.807) is 0 Å². The van der Waals surface area contributed by atoms with Crippen molar-refractivity contribution in [2.75, 3.05) is 6.61 Å². The molecular formula is C14H25NO. The fraction of sp³-hybridized carbons (Fsp3) is 1.00. The summed E-state index contributed by atoms with van der Waals surface area (Å²) in [5.41, 5.74) is 0.587. The Bertz CT molecular complexity index is 260. The molecule has 1 spiro atoms. The minimum absolute atomic E-state index is 0.0566. The van der Waals surface area contributed by atoms with Crippen molar-refractivity contribution in [2.45, 2.75) is 70.6 Å². The third kappa shape index (κ3) is 2.14. The van der Waals surface area contributed by atoms with Gasteiger partial charge in [0.1, 0.15) is 5.72 Å². The average molecular weight is 223 g/mol. The zero-order chi connectivity index (χ0) is 11.2. The van der Waals surface area contributed by atoms with Gasteiger partial charge in [-0.05, 0) is 56.3 Å². The first-order valence-electron chi connectivity index (χ1n) is 7.00. The van der Waals surface area contributed by atoms with Crippen LogP contribution < -0.4 is 5.32 Å². The molecule has 0 aromatic rings. The van der Waals surface area contributed by atoms with Crippen molar-refractivity contribution in [2.24, 2.45) is 11.3 Å². The molecule has 0 aromatic heterocycles. The molecule has 0 bridgehead atoms. The van der Waals surface area contributed by atoms with Gasteiger partial charge in [0.2, 0.25) is 0 Å². The standard InChI is InChI=1S/C14H25NO/c1-13(2)6-8-14(9-7-13)15-12(5-10-16-14)11-3-4-11/h11-12,15H,3-10H2,1-2H3. The third-order valence-electron chi connectivity index (χ3n) is 4.86. The number of hydrogen-bond donors (Lipinski definition) is 1. The van der Waals surface area contributed by atoms with E-state index >= 15 is 0 Å². The molecule has 0 radical (unpaired) electrons. The molecule has 1 saturated heterocycles. The minimum Gasteiger partial charge on any atom is -0.361 e. The van der Waals surface area contributed by atoms with Crippen LogP contribution in [0.4, 0.5) is 0 Å². The summed E-state index contributed by atoms with van der Waals surface area (Å²) >= 11 is 0. The first kappa shape index (κ1) is 11.0. The lowest BCUT2D eigenvalue weighted by atomic mass is 9.73. The molecule has 2 heteroatoms. The Hall–Kier alpha value is -0.0800. The Kier molecular flexibility index (Phi) is 2.56. The van der Waals surface area contributed by atoms with Crippen molar-refractivity contribution in [1.82, 2.24) is 5.32 Å². The Balaban J connectivity index is 1.64. The Labute approximate surface area is 99.1 Å². The third-order valence-corrected chi connectivity index (χ3v) is 4.86. The second kappa shape index (κ2) is 3.71. The highest BCUT2D eigenvalue weighted by atomic mass is 16.5. The van der Waals surface area contributed by atoms with Gasteiger partial charge in [-0.2, -0.15) is 0 Å². The monoisotopic (exact) mass is 223 g/mol. The Morgan fingerprint density at radius 3 is 2.31 bits per heavy atom. The van der Waals surface area contributed by atoms with Gasteiger partial charge in [0.25, 0.3) is 0 Å². The van der Waals surface area contributed by atoms with Crippen molar-refractivity contribution in [3.63, 3.8) is 0 Å². The van der Waals surface area contributed by atoms with Gasteiger partial charge in [0, 0.05) is 6.04 Å². The smallest absolute Gasteiger partial charge is 0.119 e. The molecule has 1 unspecified atom stereocenters. The molecule has 3 rings (SSSR count). The van der Waals surface area contributed by atoms with E-state index in [1.165, 1.54) is 44.9 Å². The van der Waals surface area contributed by atoms with Crippen LogP contribution in [0, 0.1) is 11.3 Å². The molecule has 1 aliphatic heterocycles. The molecule has 1 heterocycles. The summed E-state index contributed by atoms with van der Waals surface area (Å²) in [6.45, 7) is 5.76. The summed E-state index contributed by atoms with van der Waals surface area (Å²) < 4.78 is 6.10. The Morgan fingerprint density at radius 1 is 1.00 bits per heavy atom. The lowest BCUT2D eigenvalue weighted by Crippen LogP contribution is -2.59. The van der Waals surface area contributed by atoms with E-state index in [2.05, 4.69) is 19.2 Å². The van der Waals surface area contributed by atoms with Crippen LogP contribution in [-0.2, 0) is 4.74 Å². The van der Waals surface area contributed by atoms with Gasteiger partial charge in [-0.3, -0.25) is 5.32 Å². The largest absolute Gasteiger partial charge is 0.361 e. The maximum absolute atomic E-state index is 6.10. The first-order valence-corrected chi connectivity index (χ1v) is 7.00. The van der Waals surface area contributed by atoms with Crippen molar-refractivity contribution >= 4 is 0 Å². The minimum atomic E-state index is 0.0566. The number of hydrogen-bond acceptors (Lipinski definition) is 2. The molecule has 16 heavy (non-hydrogen) atoms. The normalized spacial score (nSPS) is 37.5. The van der Waals surface area contributed by atoms with Crippen LogP contribution in [0.5, 0.6) is 0 Å². The molecule has 3 fully saturated rings. The van der Waals surface area contributed by atoms with Crippen LogP contribution in [0.25, 0.3) is 0 Å². The van der Waals surface area contributed by atoms with Gasteiger partial charge in [0.15, 0.2) is 0 Å². The summed E-state index contributed by atoms with van der Waals surface area (Å²) in [6, 6.07) is 0.759. The van der Waals surface area contributed by atoms with Gasteiger partial charge < -0.3 is 4.74 Å². The summed E-state index contributed by atoms with van der Waals surface area (Å²) in [6.07, 6.45) is 9.15. The zero-order valence-electron chi connectivity index (χ0n) is 10.7. The average Bonchev–Trinajstić information content (AvgIpc) is 3.08. The Morgan fingerprint density at radius 2 is 1.69 bits per heavy atom. The number of rotatable bonds is 1. The van der Waals surface area contributed by atoms with Crippen LogP contribution in [0.1, 0.15) is 58.8 Å². The van der Waals surface area contributed by atoms with E-state index < -0.39 is 0 Å². The predicted octanol–water partition coefficient (Wildman–Crippen LogP) is 3.07. The maximum atomic E-state index is 6.10. The van der Waals surface area contributed by atoms with E-state index in [1.807, 2.05) is 0 Å². The van der Waals surface area contributed by atoms with Crippen LogP contribution in [0.3, 0.4) is 0 Å². The predicted molar refractivity (Wildman–Crippen MR) is 65.2 cm³/mol. The van der Waals surface area contributed by atoms with E-state index in [0.29, 0.717) is 5.41 Å². The number of nitrogens with one attached hydrogen (secondary N) is 1. The lowest BCUT2D eigenvalue weighted by molar-refractivity contribution is -0.145. The molecular weight excluding hydrogens is 198 g/mol. The fourth-order valence-electron chi connectivity index (χ4n) is 3.30. The topological polar surface area (TPSA) is 21.3 Å². The second-order valence-electron chi connectivity index (χ2n) is 6.88. The molecule has 2 nitrogen and oxygen atoms in total. The van der Waals surface area contributed by atoms with E-state index in [-0.39, 0.29) is 5.72 Å². The van der Waals surface area contributed by atoms with Crippen molar-refractivity contribution < 1.29 is 4.74 Å². The zero-order valence-corrected chi connectivity index (χ0v) is 10.7. The van der Waals surface area contributed by atoms with Crippen LogP contribution in [0.2, 0.25) is 0 Å². The summed E-state index contributed by atoms with van der Waals surface area (Å²) in [4.78, 5) is 0. The molecule has 1 atom stereocenters. The van der Waals surface area contributed by atoms with Crippen LogP contribution in [0.15, 0.2) is 0 Å². The van der Waals surface area contributed by atoms with Gasteiger partial charge >= 0.3 is 0 Å². The molecule has 1 N–H and O–H groups in total. The molecule has 3 aliphatic rings. The van der Waals surface area contributed by atoms with Gasteiger partial charge in [0.05, 0.1) is 6.61 Å². The highest BCUT2D eigenvalue weighted by Gasteiger charge is 2.45. The number of ether oxygens (including phenoxy) is 1. The molecule has 92 valence electrons.